The lowest BCUT2D eigenvalue weighted by Gasteiger charge is -2.05. The van der Waals surface area contributed by atoms with Gasteiger partial charge in [0, 0.05) is 11.3 Å². The van der Waals surface area contributed by atoms with E-state index in [2.05, 4.69) is 4.98 Å². The third-order valence-corrected chi connectivity index (χ3v) is 2.89. The van der Waals surface area contributed by atoms with Crippen LogP contribution in [0.15, 0.2) is 24.3 Å². The number of nitrogen functional groups attached to an aromatic ring is 1. The summed E-state index contributed by atoms with van der Waals surface area (Å²) in [6.45, 7) is 0. The lowest BCUT2D eigenvalue weighted by molar-refractivity contribution is 0.100. The van der Waals surface area contributed by atoms with Gasteiger partial charge in [0.1, 0.15) is 11.6 Å². The monoisotopic (exact) mass is 265 g/mol. The van der Waals surface area contributed by atoms with Gasteiger partial charge >= 0.3 is 0 Å². The quantitative estimate of drug-likeness (QED) is 0.792. The van der Waals surface area contributed by atoms with Gasteiger partial charge in [-0.15, -0.1) is 0 Å². The molecule has 2 rings (SSSR count). The Morgan fingerprint density at radius 2 is 2.11 bits per heavy atom. The van der Waals surface area contributed by atoms with Crippen molar-refractivity contribution in [2.75, 3.05) is 12.8 Å². The van der Waals surface area contributed by atoms with Gasteiger partial charge in [-0.1, -0.05) is 17.7 Å². The Kier molecular flexibility index (Phi) is 3.16. The molecule has 0 bridgehead atoms. The number of halogens is 1. The molecule has 0 unspecified atom stereocenters. The van der Waals surface area contributed by atoms with Gasteiger partial charge in [0.15, 0.2) is 0 Å². The number of anilines is 1. The van der Waals surface area contributed by atoms with Crippen LogP contribution in [-0.4, -0.2) is 18.0 Å². The highest BCUT2D eigenvalue weighted by Gasteiger charge is 2.12. The predicted octanol–water partition coefficient (Wildman–Crippen LogP) is 2.02. The highest BCUT2D eigenvalue weighted by molar-refractivity contribution is 6.32. The number of primary amides is 1. The van der Waals surface area contributed by atoms with Crippen LogP contribution in [0.25, 0.3) is 11.3 Å². The maximum Gasteiger partial charge on any atom is 0.252 e. The van der Waals surface area contributed by atoms with Crippen molar-refractivity contribution < 1.29 is 9.53 Å². The van der Waals surface area contributed by atoms with Crippen LogP contribution in [0.4, 0.5) is 5.82 Å². The first-order chi connectivity index (χ1) is 8.52. The highest BCUT2D eigenvalue weighted by atomic mass is 35.5. The molecule has 0 spiro atoms. The second kappa shape index (κ2) is 4.62. The van der Waals surface area contributed by atoms with Crippen LogP contribution in [0.3, 0.4) is 0 Å². The fourth-order valence-corrected chi connectivity index (χ4v) is 1.85. The van der Waals surface area contributed by atoms with Gasteiger partial charge in [-0.3, -0.25) is 4.79 Å². The molecule has 0 aliphatic heterocycles. The molecule has 0 aliphatic carbocycles. The molecule has 0 fully saturated rings. The van der Waals surface area contributed by atoms with Crippen molar-refractivity contribution in [3.05, 3.63) is 34.9 Å². The smallest absolute Gasteiger partial charge is 0.252 e. The fraction of sp³-hybridized carbons (Fsp3) is 0.0833. The first kappa shape index (κ1) is 12.3. The number of hydrogen-bond donors (Lipinski definition) is 3. The number of hydrogen-bond acceptors (Lipinski definition) is 3. The Bertz CT molecular complexity index is 607. The van der Waals surface area contributed by atoms with E-state index in [4.69, 9.17) is 27.8 Å². The average Bonchev–Trinajstić information content (AvgIpc) is 2.72. The van der Waals surface area contributed by atoms with Gasteiger partial charge in [0.05, 0.1) is 17.7 Å². The molecule has 1 amide bonds. The van der Waals surface area contributed by atoms with Crippen LogP contribution < -0.4 is 16.2 Å². The van der Waals surface area contributed by atoms with Gasteiger partial charge < -0.3 is 21.2 Å². The maximum atomic E-state index is 11.1. The molecule has 5 N–H and O–H groups in total. The van der Waals surface area contributed by atoms with Gasteiger partial charge in [-0.25, -0.2) is 0 Å². The van der Waals surface area contributed by atoms with E-state index < -0.39 is 5.91 Å². The summed E-state index contributed by atoms with van der Waals surface area (Å²) < 4.78 is 5.12. The summed E-state index contributed by atoms with van der Waals surface area (Å²) in [7, 11) is 1.53. The standard InChI is InChI=1S/C12H12ClN3O2/c1-18-10-4-6(2-3-8(10)13)9-5-7(12(15)17)11(14)16-9/h2-5,16H,14H2,1H3,(H2,15,17). The number of carbonyl (C=O) groups excluding carboxylic acids is 1. The van der Waals surface area contributed by atoms with Crippen LogP contribution in [0, 0.1) is 0 Å². The largest absolute Gasteiger partial charge is 0.495 e. The molecule has 0 saturated heterocycles. The van der Waals surface area contributed by atoms with Crippen LogP contribution in [0.2, 0.25) is 5.02 Å². The zero-order valence-electron chi connectivity index (χ0n) is 9.66. The minimum atomic E-state index is -0.573. The Hall–Kier alpha value is -2.14. The van der Waals surface area contributed by atoms with Gasteiger partial charge in [-0.05, 0) is 18.2 Å². The molecule has 1 aromatic carbocycles. The molecule has 5 nitrogen and oxygen atoms in total. The number of benzene rings is 1. The number of nitrogens with two attached hydrogens (primary N) is 2. The third kappa shape index (κ3) is 2.12. The molecule has 1 heterocycles. The number of aromatic nitrogens is 1. The number of methoxy groups -OCH3 is 1. The molecule has 0 radical (unpaired) electrons. The third-order valence-electron chi connectivity index (χ3n) is 2.58. The van der Waals surface area contributed by atoms with E-state index in [0.29, 0.717) is 16.5 Å². The number of rotatable bonds is 3. The fourth-order valence-electron chi connectivity index (χ4n) is 1.66. The number of amides is 1. The zero-order chi connectivity index (χ0) is 13.3. The lowest BCUT2D eigenvalue weighted by atomic mass is 10.1. The van der Waals surface area contributed by atoms with E-state index in [9.17, 15) is 4.79 Å². The summed E-state index contributed by atoms with van der Waals surface area (Å²) in [6.07, 6.45) is 0. The molecule has 2 aromatic rings. The summed E-state index contributed by atoms with van der Waals surface area (Å²) in [5.74, 6) is 0.213. The van der Waals surface area contributed by atoms with Crippen molar-refractivity contribution in [2.24, 2.45) is 5.73 Å². The van der Waals surface area contributed by atoms with Crippen molar-refractivity contribution in [3.8, 4) is 17.0 Å². The Morgan fingerprint density at radius 3 is 2.67 bits per heavy atom. The summed E-state index contributed by atoms with van der Waals surface area (Å²) in [5, 5.41) is 0.510. The Morgan fingerprint density at radius 1 is 1.39 bits per heavy atom. The zero-order valence-corrected chi connectivity index (χ0v) is 10.4. The summed E-state index contributed by atoms with van der Waals surface area (Å²) >= 11 is 5.94. The molecule has 0 atom stereocenters. The van der Waals surface area contributed by atoms with Crippen LogP contribution in [0.5, 0.6) is 5.75 Å². The second-order valence-electron chi connectivity index (χ2n) is 3.72. The summed E-state index contributed by atoms with van der Waals surface area (Å²) in [5.41, 5.74) is 12.6. The van der Waals surface area contributed by atoms with Gasteiger partial charge in [-0.2, -0.15) is 0 Å². The molecule has 1 aromatic heterocycles. The first-order valence-corrected chi connectivity index (χ1v) is 5.53. The molecule has 0 aliphatic rings. The molecular weight excluding hydrogens is 254 g/mol. The lowest BCUT2D eigenvalue weighted by Crippen LogP contribution is -2.11. The summed E-state index contributed by atoms with van der Waals surface area (Å²) in [4.78, 5) is 14.0. The molecule has 94 valence electrons. The van der Waals surface area contributed by atoms with E-state index >= 15 is 0 Å². The number of carbonyl (C=O) groups is 1. The number of nitrogens with one attached hydrogen (secondary N) is 1. The minimum absolute atomic E-state index is 0.242. The molecule has 18 heavy (non-hydrogen) atoms. The van der Waals surface area contributed by atoms with Crippen molar-refractivity contribution in [2.45, 2.75) is 0 Å². The van der Waals surface area contributed by atoms with Crippen LogP contribution >= 0.6 is 11.6 Å². The van der Waals surface area contributed by atoms with Crippen molar-refractivity contribution >= 4 is 23.3 Å². The molecule has 0 saturated carbocycles. The van der Waals surface area contributed by atoms with E-state index in [1.807, 2.05) is 0 Å². The summed E-state index contributed by atoms with van der Waals surface area (Å²) in [6, 6.07) is 6.84. The topological polar surface area (TPSA) is 94.1 Å². The highest BCUT2D eigenvalue weighted by Crippen LogP contribution is 2.31. The average molecular weight is 266 g/mol. The Labute approximate surface area is 109 Å². The van der Waals surface area contributed by atoms with Crippen molar-refractivity contribution in [1.82, 2.24) is 4.98 Å². The van der Waals surface area contributed by atoms with Crippen molar-refractivity contribution in [1.29, 1.82) is 0 Å². The van der Waals surface area contributed by atoms with E-state index in [1.165, 1.54) is 7.11 Å². The first-order valence-electron chi connectivity index (χ1n) is 5.15. The Balaban J connectivity index is 2.49. The number of aromatic amines is 1. The van der Waals surface area contributed by atoms with Crippen molar-refractivity contribution in [3.63, 3.8) is 0 Å². The van der Waals surface area contributed by atoms with Crippen LogP contribution in [0.1, 0.15) is 10.4 Å². The van der Waals surface area contributed by atoms with E-state index in [-0.39, 0.29) is 11.4 Å². The second-order valence-corrected chi connectivity index (χ2v) is 4.13. The SMILES string of the molecule is COc1cc(-c2cc(C(N)=O)c(N)[nH]2)ccc1Cl. The molecule has 6 heteroatoms. The minimum Gasteiger partial charge on any atom is -0.495 e. The maximum absolute atomic E-state index is 11.1. The normalized spacial score (nSPS) is 10.3. The predicted molar refractivity (Wildman–Crippen MR) is 70.7 cm³/mol. The number of ether oxygens (including phenoxy) is 1. The van der Waals surface area contributed by atoms with Gasteiger partial charge in [0.2, 0.25) is 0 Å². The van der Waals surface area contributed by atoms with E-state index in [1.54, 1.807) is 24.3 Å². The van der Waals surface area contributed by atoms with Crippen LogP contribution in [-0.2, 0) is 0 Å². The number of H-pyrrole nitrogens is 1. The molecular formula is C12H12ClN3O2. The van der Waals surface area contributed by atoms with E-state index in [0.717, 1.165) is 5.56 Å². The van der Waals surface area contributed by atoms with Gasteiger partial charge in [0.25, 0.3) is 5.91 Å².